The van der Waals surface area contributed by atoms with E-state index in [1.165, 1.54) is 50.0 Å². The van der Waals surface area contributed by atoms with Crippen LogP contribution in [0.5, 0.6) is 0 Å². The van der Waals surface area contributed by atoms with Gasteiger partial charge in [-0.05, 0) is 43.9 Å². The number of anilines is 1. The molecule has 0 bridgehead atoms. The number of rotatable bonds is 10. The molecule has 1 aromatic carbocycles. The molecular formula is C18H30N2O. The fraction of sp³-hybridized carbons (Fsp3) is 0.667. The van der Waals surface area contributed by atoms with E-state index in [1.54, 1.807) is 0 Å². The Balaban J connectivity index is 1.66. The number of benzene rings is 1. The zero-order valence-corrected chi connectivity index (χ0v) is 13.4. The van der Waals surface area contributed by atoms with Crippen molar-refractivity contribution in [1.82, 2.24) is 5.32 Å². The summed E-state index contributed by atoms with van der Waals surface area (Å²) in [5.74, 6) is 0. The molecule has 21 heavy (non-hydrogen) atoms. The van der Waals surface area contributed by atoms with E-state index in [1.807, 2.05) is 0 Å². The first-order valence-corrected chi connectivity index (χ1v) is 8.53. The summed E-state index contributed by atoms with van der Waals surface area (Å²) >= 11 is 0. The number of hydrogen-bond donors (Lipinski definition) is 1. The van der Waals surface area contributed by atoms with Crippen molar-refractivity contribution in [2.45, 2.75) is 45.6 Å². The van der Waals surface area contributed by atoms with Crippen molar-refractivity contribution in [2.24, 2.45) is 0 Å². The monoisotopic (exact) mass is 290 g/mol. The summed E-state index contributed by atoms with van der Waals surface area (Å²) in [6.45, 7) is 8.39. The molecule has 1 aliphatic rings. The molecule has 0 unspecified atom stereocenters. The van der Waals surface area contributed by atoms with Crippen LogP contribution >= 0.6 is 0 Å². The molecule has 1 fully saturated rings. The summed E-state index contributed by atoms with van der Waals surface area (Å²) < 4.78 is 5.58. The molecule has 1 aromatic rings. The van der Waals surface area contributed by atoms with Crippen LogP contribution in [0.1, 0.15) is 44.6 Å². The second-order valence-electron chi connectivity index (χ2n) is 5.82. The smallest absolute Gasteiger partial charge is 0.0478 e. The summed E-state index contributed by atoms with van der Waals surface area (Å²) in [4.78, 5) is 2.52. The van der Waals surface area contributed by atoms with Gasteiger partial charge in [-0.25, -0.2) is 0 Å². The largest absolute Gasteiger partial charge is 0.381 e. The van der Waals surface area contributed by atoms with Gasteiger partial charge in [0.2, 0.25) is 0 Å². The number of unbranched alkanes of at least 4 members (excludes halogenated alkanes) is 1. The van der Waals surface area contributed by atoms with Crippen molar-refractivity contribution < 1.29 is 4.74 Å². The highest BCUT2D eigenvalue weighted by Gasteiger charge is 2.14. The molecule has 0 atom stereocenters. The van der Waals surface area contributed by atoms with Gasteiger partial charge in [0.15, 0.2) is 0 Å². The normalized spacial score (nSPS) is 14.8. The lowest BCUT2D eigenvalue weighted by Gasteiger charge is -2.21. The first-order chi connectivity index (χ1) is 10.4. The number of hydrogen-bond acceptors (Lipinski definition) is 3. The van der Waals surface area contributed by atoms with E-state index in [9.17, 15) is 0 Å². The minimum absolute atomic E-state index is 0.876. The number of nitrogens with zero attached hydrogens (tertiary/aromatic N) is 1. The highest BCUT2D eigenvalue weighted by atomic mass is 16.5. The summed E-state index contributed by atoms with van der Waals surface area (Å²) in [7, 11) is 0. The first kappa shape index (κ1) is 16.3. The van der Waals surface area contributed by atoms with Gasteiger partial charge in [-0.3, -0.25) is 0 Å². The molecule has 1 aliphatic heterocycles. The Kier molecular flexibility index (Phi) is 7.61. The first-order valence-electron chi connectivity index (χ1n) is 8.53. The van der Waals surface area contributed by atoms with Gasteiger partial charge in [0.1, 0.15) is 0 Å². The molecule has 0 spiro atoms. The van der Waals surface area contributed by atoms with Crippen molar-refractivity contribution >= 4 is 5.69 Å². The average Bonchev–Trinajstić information content (AvgIpc) is 3.04. The molecule has 0 aliphatic carbocycles. The predicted molar refractivity (Wildman–Crippen MR) is 89.9 cm³/mol. The molecule has 0 aromatic heterocycles. The lowest BCUT2D eigenvalue weighted by atomic mass is 10.1. The van der Waals surface area contributed by atoms with Crippen molar-refractivity contribution in [3.05, 3.63) is 29.8 Å². The molecule has 0 saturated carbocycles. The highest BCUT2D eigenvalue weighted by Crippen LogP contribution is 2.24. The van der Waals surface area contributed by atoms with Gasteiger partial charge in [0.25, 0.3) is 0 Å². The Morgan fingerprint density at radius 2 is 1.86 bits per heavy atom. The van der Waals surface area contributed by atoms with E-state index in [0.29, 0.717) is 0 Å². The maximum Gasteiger partial charge on any atom is 0.0478 e. The van der Waals surface area contributed by atoms with E-state index in [0.717, 1.165) is 32.7 Å². The molecule has 0 amide bonds. The summed E-state index contributed by atoms with van der Waals surface area (Å²) in [6, 6.07) is 8.80. The van der Waals surface area contributed by atoms with Crippen LogP contribution in [-0.2, 0) is 11.3 Å². The zero-order valence-electron chi connectivity index (χ0n) is 13.4. The third-order valence-electron chi connectivity index (χ3n) is 4.04. The van der Waals surface area contributed by atoms with E-state index >= 15 is 0 Å². The second-order valence-corrected chi connectivity index (χ2v) is 5.82. The molecule has 0 radical (unpaired) electrons. The van der Waals surface area contributed by atoms with Gasteiger partial charge in [-0.15, -0.1) is 0 Å². The standard InChI is InChI=1S/C18H30N2O/c1-2-3-14-21-15-8-11-19-16-17-9-4-5-10-18(17)20-12-6-7-13-20/h4-5,9-10,19H,2-3,6-8,11-16H2,1H3. The van der Waals surface area contributed by atoms with Crippen LogP contribution in [0.3, 0.4) is 0 Å². The Hall–Kier alpha value is -1.06. The third kappa shape index (κ3) is 5.68. The fourth-order valence-corrected chi connectivity index (χ4v) is 2.80. The Labute approximate surface area is 129 Å². The molecule has 3 heteroatoms. The van der Waals surface area contributed by atoms with E-state index in [2.05, 4.69) is 41.4 Å². The van der Waals surface area contributed by atoms with Crippen molar-refractivity contribution in [2.75, 3.05) is 37.7 Å². The highest BCUT2D eigenvalue weighted by molar-refractivity contribution is 5.54. The minimum atomic E-state index is 0.876. The van der Waals surface area contributed by atoms with Gasteiger partial charge in [-0.2, -0.15) is 0 Å². The maximum atomic E-state index is 5.58. The SMILES string of the molecule is CCCCOCCCNCc1ccccc1N1CCCC1. The van der Waals surface area contributed by atoms with Crippen LogP contribution in [0.2, 0.25) is 0 Å². The van der Waals surface area contributed by atoms with E-state index in [-0.39, 0.29) is 0 Å². The van der Waals surface area contributed by atoms with Crippen LogP contribution < -0.4 is 10.2 Å². The summed E-state index contributed by atoms with van der Waals surface area (Å²) in [6.07, 6.45) is 6.14. The molecule has 2 rings (SSSR count). The average molecular weight is 290 g/mol. The van der Waals surface area contributed by atoms with Crippen molar-refractivity contribution in [3.8, 4) is 0 Å². The van der Waals surface area contributed by atoms with Crippen molar-refractivity contribution in [1.29, 1.82) is 0 Å². The molecular weight excluding hydrogens is 260 g/mol. The number of ether oxygens (including phenoxy) is 1. The predicted octanol–water partition coefficient (Wildman–Crippen LogP) is 3.58. The van der Waals surface area contributed by atoms with Crippen LogP contribution in [0, 0.1) is 0 Å². The summed E-state index contributed by atoms with van der Waals surface area (Å²) in [5, 5.41) is 3.55. The lowest BCUT2D eigenvalue weighted by molar-refractivity contribution is 0.129. The Bertz CT molecular complexity index is 389. The molecule has 1 N–H and O–H groups in total. The topological polar surface area (TPSA) is 24.5 Å². The van der Waals surface area contributed by atoms with Crippen LogP contribution in [0.4, 0.5) is 5.69 Å². The van der Waals surface area contributed by atoms with Gasteiger partial charge in [0.05, 0.1) is 0 Å². The molecule has 1 heterocycles. The second kappa shape index (κ2) is 9.80. The van der Waals surface area contributed by atoms with Gasteiger partial charge >= 0.3 is 0 Å². The molecule has 3 nitrogen and oxygen atoms in total. The maximum absolute atomic E-state index is 5.58. The Morgan fingerprint density at radius 3 is 2.67 bits per heavy atom. The van der Waals surface area contributed by atoms with Crippen LogP contribution in [-0.4, -0.2) is 32.8 Å². The van der Waals surface area contributed by atoms with E-state index < -0.39 is 0 Å². The third-order valence-corrected chi connectivity index (χ3v) is 4.04. The molecule has 118 valence electrons. The lowest BCUT2D eigenvalue weighted by Crippen LogP contribution is -2.22. The number of para-hydroxylation sites is 1. The zero-order chi connectivity index (χ0) is 14.8. The van der Waals surface area contributed by atoms with Crippen LogP contribution in [0.25, 0.3) is 0 Å². The van der Waals surface area contributed by atoms with Gasteiger partial charge < -0.3 is 15.0 Å². The van der Waals surface area contributed by atoms with Gasteiger partial charge in [0, 0.05) is 38.5 Å². The van der Waals surface area contributed by atoms with Crippen LogP contribution in [0.15, 0.2) is 24.3 Å². The van der Waals surface area contributed by atoms with Gasteiger partial charge in [-0.1, -0.05) is 31.5 Å². The van der Waals surface area contributed by atoms with Crippen molar-refractivity contribution in [3.63, 3.8) is 0 Å². The molecule has 1 saturated heterocycles. The van der Waals surface area contributed by atoms with E-state index in [4.69, 9.17) is 4.74 Å². The number of nitrogens with one attached hydrogen (secondary N) is 1. The Morgan fingerprint density at radius 1 is 1.10 bits per heavy atom. The fourth-order valence-electron chi connectivity index (χ4n) is 2.80. The minimum Gasteiger partial charge on any atom is -0.381 e. The summed E-state index contributed by atoms with van der Waals surface area (Å²) in [5.41, 5.74) is 2.84. The quantitative estimate of drug-likeness (QED) is 0.667.